The minimum atomic E-state index is -0.632. The van der Waals surface area contributed by atoms with Crippen molar-refractivity contribution < 1.29 is 14.6 Å². The van der Waals surface area contributed by atoms with Crippen molar-refractivity contribution in [2.75, 3.05) is 6.54 Å². The predicted molar refractivity (Wildman–Crippen MR) is 119 cm³/mol. The van der Waals surface area contributed by atoms with E-state index in [1.807, 2.05) is 30.3 Å². The van der Waals surface area contributed by atoms with Crippen LogP contribution in [0.4, 0.5) is 4.79 Å². The summed E-state index contributed by atoms with van der Waals surface area (Å²) in [7, 11) is 0. The molecule has 0 radical (unpaired) electrons. The molecule has 0 fully saturated rings. The molecule has 160 valence electrons. The van der Waals surface area contributed by atoms with E-state index >= 15 is 0 Å². The Hall–Kier alpha value is -3.63. The van der Waals surface area contributed by atoms with Crippen molar-refractivity contribution in [1.82, 2.24) is 9.88 Å². The highest BCUT2D eigenvalue weighted by molar-refractivity contribution is 5.98. The number of pyridine rings is 1. The number of benzene rings is 2. The lowest BCUT2D eigenvalue weighted by molar-refractivity contribution is 0.0526. The lowest BCUT2D eigenvalue weighted by Gasteiger charge is -2.20. The smallest absolute Gasteiger partial charge is 0.407 e. The fraction of sp³-hybridized carbons (Fsp3) is 0.292. The number of hydrogen-bond donors (Lipinski definition) is 2. The van der Waals surface area contributed by atoms with Gasteiger partial charge in [-0.15, -0.1) is 0 Å². The van der Waals surface area contributed by atoms with Gasteiger partial charge in [-0.25, -0.2) is 4.79 Å². The van der Waals surface area contributed by atoms with E-state index in [9.17, 15) is 20.0 Å². The zero-order valence-electron chi connectivity index (χ0n) is 17.8. The molecule has 2 N–H and O–H groups in total. The largest absolute Gasteiger partial charge is 0.444 e. The van der Waals surface area contributed by atoms with Crippen LogP contribution in [-0.2, 0) is 17.9 Å². The minimum absolute atomic E-state index is 0.110. The molecule has 31 heavy (non-hydrogen) atoms. The fourth-order valence-electron chi connectivity index (χ4n) is 3.40. The van der Waals surface area contributed by atoms with Crippen LogP contribution >= 0.6 is 0 Å². The first-order chi connectivity index (χ1) is 14.7. The molecule has 1 amide bonds. The quantitative estimate of drug-likeness (QED) is 0.658. The number of nitriles is 1. The van der Waals surface area contributed by atoms with Crippen LogP contribution in [0.1, 0.15) is 32.0 Å². The first-order valence-corrected chi connectivity index (χ1v) is 9.98. The number of nitrogens with zero attached hydrogens (tertiary/aromatic N) is 2. The van der Waals surface area contributed by atoms with Crippen LogP contribution in [0.15, 0.2) is 53.3 Å². The normalized spacial score (nSPS) is 11.2. The van der Waals surface area contributed by atoms with Crippen molar-refractivity contribution in [2.24, 2.45) is 0 Å². The molecule has 1 aromatic heterocycles. The topological polar surface area (TPSA) is 104 Å². The van der Waals surface area contributed by atoms with Gasteiger partial charge in [0.05, 0.1) is 6.61 Å². The van der Waals surface area contributed by atoms with E-state index in [1.54, 1.807) is 39.0 Å². The molecule has 1 heterocycles. The molecule has 0 aliphatic heterocycles. The number of ether oxygens (including phenoxy) is 1. The third-order valence-corrected chi connectivity index (χ3v) is 4.69. The Balaban J connectivity index is 2.10. The van der Waals surface area contributed by atoms with Gasteiger partial charge in [-0.2, -0.15) is 5.26 Å². The van der Waals surface area contributed by atoms with E-state index < -0.39 is 11.7 Å². The Morgan fingerprint density at radius 3 is 2.48 bits per heavy atom. The maximum Gasteiger partial charge on any atom is 0.407 e. The Kier molecular flexibility index (Phi) is 6.42. The minimum Gasteiger partial charge on any atom is -0.444 e. The standard InChI is InChI=1S/C24H25N3O4/c1-24(2,3)31-23(30)26-11-12-27-20(14-25)21(17-7-5-4-6-8-17)19-13-16(15-28)9-10-18(19)22(27)29/h4-10,13,28H,11-12,15H2,1-3H3,(H,26,30). The van der Waals surface area contributed by atoms with Crippen molar-refractivity contribution in [1.29, 1.82) is 5.26 Å². The van der Waals surface area contributed by atoms with Crippen molar-refractivity contribution in [2.45, 2.75) is 39.5 Å². The highest BCUT2D eigenvalue weighted by atomic mass is 16.6. The summed E-state index contributed by atoms with van der Waals surface area (Å²) >= 11 is 0. The zero-order valence-corrected chi connectivity index (χ0v) is 17.8. The van der Waals surface area contributed by atoms with Crippen molar-refractivity contribution in [3.8, 4) is 17.2 Å². The van der Waals surface area contributed by atoms with Gasteiger partial charge in [0.25, 0.3) is 5.56 Å². The average molecular weight is 419 g/mol. The van der Waals surface area contributed by atoms with Gasteiger partial charge in [0.15, 0.2) is 0 Å². The molecule has 0 unspecified atom stereocenters. The van der Waals surface area contributed by atoms with Crippen molar-refractivity contribution >= 4 is 16.9 Å². The molecule has 0 aliphatic rings. The summed E-state index contributed by atoms with van der Waals surface area (Å²) in [5, 5.41) is 23.2. The summed E-state index contributed by atoms with van der Waals surface area (Å²) in [4.78, 5) is 25.2. The van der Waals surface area contributed by atoms with Crippen LogP contribution in [0.25, 0.3) is 21.9 Å². The molecule has 0 spiro atoms. The van der Waals surface area contributed by atoms with Gasteiger partial charge >= 0.3 is 6.09 Å². The summed E-state index contributed by atoms with van der Waals surface area (Å²) in [6.07, 6.45) is -0.587. The summed E-state index contributed by atoms with van der Waals surface area (Å²) in [6, 6.07) is 16.6. The Labute approximate surface area is 180 Å². The van der Waals surface area contributed by atoms with Gasteiger partial charge in [0.1, 0.15) is 17.4 Å². The molecule has 0 atom stereocenters. The molecule has 7 nitrogen and oxygen atoms in total. The predicted octanol–water partition coefficient (Wildman–Crippen LogP) is 3.56. The van der Waals surface area contributed by atoms with Crippen molar-refractivity contribution in [3.05, 3.63) is 70.1 Å². The summed E-state index contributed by atoms with van der Waals surface area (Å²) in [5.74, 6) is 0. The van der Waals surface area contributed by atoms with Gasteiger partial charge in [0.2, 0.25) is 0 Å². The van der Waals surface area contributed by atoms with E-state index in [0.29, 0.717) is 21.9 Å². The molecule has 0 saturated carbocycles. The second kappa shape index (κ2) is 9.02. The number of nitrogens with one attached hydrogen (secondary N) is 1. The number of carbonyl (C=O) groups is 1. The third-order valence-electron chi connectivity index (χ3n) is 4.69. The number of aliphatic hydroxyl groups excluding tert-OH is 1. The molecule has 0 saturated heterocycles. The molecule has 0 bridgehead atoms. The summed E-state index contributed by atoms with van der Waals surface area (Å²) < 4.78 is 6.60. The summed E-state index contributed by atoms with van der Waals surface area (Å²) in [5.41, 5.74) is 1.29. The second-order valence-electron chi connectivity index (χ2n) is 8.12. The van der Waals surface area contributed by atoms with Gasteiger partial charge in [-0.1, -0.05) is 36.4 Å². The van der Waals surface area contributed by atoms with Crippen LogP contribution in [0.2, 0.25) is 0 Å². The van der Waals surface area contributed by atoms with Crippen molar-refractivity contribution in [3.63, 3.8) is 0 Å². The van der Waals surface area contributed by atoms with Gasteiger partial charge in [-0.05, 0) is 49.4 Å². The molecular formula is C24H25N3O4. The van der Waals surface area contributed by atoms with Crippen LogP contribution in [0.5, 0.6) is 0 Å². The first-order valence-electron chi connectivity index (χ1n) is 9.98. The third kappa shape index (κ3) is 4.93. The highest BCUT2D eigenvalue weighted by Crippen LogP contribution is 2.31. The van der Waals surface area contributed by atoms with E-state index in [0.717, 1.165) is 5.56 Å². The number of hydrogen-bond acceptors (Lipinski definition) is 5. The number of carbonyl (C=O) groups excluding carboxylic acids is 1. The average Bonchev–Trinajstić information content (AvgIpc) is 2.73. The lowest BCUT2D eigenvalue weighted by Crippen LogP contribution is -2.36. The zero-order chi connectivity index (χ0) is 22.6. The fourth-order valence-corrected chi connectivity index (χ4v) is 3.40. The molecular weight excluding hydrogens is 394 g/mol. The second-order valence-corrected chi connectivity index (χ2v) is 8.12. The molecule has 0 aliphatic carbocycles. The maximum atomic E-state index is 13.2. The maximum absolute atomic E-state index is 13.2. The van der Waals surface area contributed by atoms with Crippen LogP contribution in [0.3, 0.4) is 0 Å². The van der Waals surface area contributed by atoms with Crippen LogP contribution in [-0.4, -0.2) is 27.9 Å². The molecule has 2 aromatic carbocycles. The number of rotatable bonds is 5. The van der Waals surface area contributed by atoms with Gasteiger partial charge < -0.3 is 15.2 Å². The number of amides is 1. The van der Waals surface area contributed by atoms with Crippen LogP contribution < -0.4 is 10.9 Å². The van der Waals surface area contributed by atoms with Crippen LogP contribution in [0, 0.1) is 11.3 Å². The highest BCUT2D eigenvalue weighted by Gasteiger charge is 2.19. The van der Waals surface area contributed by atoms with E-state index in [2.05, 4.69) is 11.4 Å². The number of aliphatic hydroxyl groups is 1. The molecule has 3 aromatic rings. The Bertz CT molecular complexity index is 1200. The van der Waals surface area contributed by atoms with Gasteiger partial charge in [-0.3, -0.25) is 9.36 Å². The van der Waals surface area contributed by atoms with E-state index in [1.165, 1.54) is 4.57 Å². The lowest BCUT2D eigenvalue weighted by atomic mass is 9.95. The summed E-state index contributed by atoms with van der Waals surface area (Å²) in [6.45, 7) is 5.36. The first kappa shape index (κ1) is 22.1. The monoisotopic (exact) mass is 419 g/mol. The van der Waals surface area contributed by atoms with E-state index in [4.69, 9.17) is 4.74 Å². The van der Waals surface area contributed by atoms with E-state index in [-0.39, 0.29) is 30.9 Å². The Morgan fingerprint density at radius 2 is 1.87 bits per heavy atom. The molecule has 3 rings (SSSR count). The van der Waals surface area contributed by atoms with Gasteiger partial charge in [0, 0.05) is 24.0 Å². The number of alkyl carbamates (subject to hydrolysis) is 1. The Morgan fingerprint density at radius 1 is 1.16 bits per heavy atom. The number of aromatic nitrogens is 1. The molecule has 7 heteroatoms. The number of fused-ring (bicyclic) bond motifs is 1. The SMILES string of the molecule is CC(C)(C)OC(=O)NCCn1c(C#N)c(-c2ccccc2)c2cc(CO)ccc2c1=O.